The van der Waals surface area contributed by atoms with Crippen LogP contribution in [0.5, 0.6) is 0 Å². The molecule has 0 aliphatic carbocycles. The van der Waals surface area contributed by atoms with Crippen molar-refractivity contribution in [3.8, 4) is 0 Å². The van der Waals surface area contributed by atoms with Crippen LogP contribution in [0.15, 0.2) is 40.8 Å². The molecule has 1 N–H and O–H groups in total. The van der Waals surface area contributed by atoms with E-state index in [1.807, 2.05) is 31.2 Å². The Morgan fingerprint density at radius 2 is 1.94 bits per heavy atom. The van der Waals surface area contributed by atoms with E-state index in [0.717, 1.165) is 27.5 Å². The maximum Gasteiger partial charge on any atom is 0.307 e. The standard InChI is InChI=1S/C15H12O3/c1-9-2-5-13-12(6-9)11-4-3-10(8-15(16)17)7-14(11)18-13/h2-7H,8H2,1H3,(H,16,17). The lowest BCUT2D eigenvalue weighted by atomic mass is 10.1. The average Bonchev–Trinajstić information content (AvgIpc) is 2.65. The Morgan fingerprint density at radius 3 is 2.72 bits per heavy atom. The monoisotopic (exact) mass is 240 g/mol. The number of fused-ring (bicyclic) bond motifs is 3. The lowest BCUT2D eigenvalue weighted by molar-refractivity contribution is -0.136. The van der Waals surface area contributed by atoms with Crippen molar-refractivity contribution < 1.29 is 14.3 Å². The average molecular weight is 240 g/mol. The fraction of sp³-hybridized carbons (Fsp3) is 0.133. The number of aliphatic carboxylic acids is 1. The summed E-state index contributed by atoms with van der Waals surface area (Å²) in [7, 11) is 0. The van der Waals surface area contributed by atoms with E-state index in [2.05, 4.69) is 6.07 Å². The first-order valence-corrected chi connectivity index (χ1v) is 5.77. The van der Waals surface area contributed by atoms with Gasteiger partial charge >= 0.3 is 5.97 Å². The largest absolute Gasteiger partial charge is 0.481 e. The van der Waals surface area contributed by atoms with Crippen LogP contribution < -0.4 is 0 Å². The number of hydrogen-bond acceptors (Lipinski definition) is 2. The van der Waals surface area contributed by atoms with Gasteiger partial charge in [-0.1, -0.05) is 23.8 Å². The first-order valence-electron chi connectivity index (χ1n) is 5.77. The molecule has 0 atom stereocenters. The van der Waals surface area contributed by atoms with Gasteiger partial charge in [-0.2, -0.15) is 0 Å². The zero-order valence-corrected chi connectivity index (χ0v) is 9.93. The molecule has 0 radical (unpaired) electrons. The molecule has 0 saturated carbocycles. The third kappa shape index (κ3) is 1.74. The Hall–Kier alpha value is -2.29. The first kappa shape index (κ1) is 10.8. The number of carboxylic acids is 1. The highest BCUT2D eigenvalue weighted by molar-refractivity contribution is 6.05. The normalized spacial score (nSPS) is 11.2. The molecule has 0 spiro atoms. The molecule has 2 aromatic carbocycles. The molecule has 0 fully saturated rings. The van der Waals surface area contributed by atoms with E-state index in [1.54, 1.807) is 6.07 Å². The molecule has 3 nitrogen and oxygen atoms in total. The van der Waals surface area contributed by atoms with E-state index in [0.29, 0.717) is 0 Å². The second-order valence-electron chi connectivity index (χ2n) is 4.50. The second kappa shape index (κ2) is 3.88. The fourth-order valence-electron chi connectivity index (χ4n) is 2.22. The Bertz CT molecular complexity index is 753. The topological polar surface area (TPSA) is 50.4 Å². The molecule has 90 valence electrons. The van der Waals surface area contributed by atoms with Crippen LogP contribution in [0.3, 0.4) is 0 Å². The summed E-state index contributed by atoms with van der Waals surface area (Å²) < 4.78 is 5.74. The molecule has 1 heterocycles. The predicted octanol–water partition coefficient (Wildman–Crippen LogP) is 3.52. The van der Waals surface area contributed by atoms with Crippen molar-refractivity contribution in [2.45, 2.75) is 13.3 Å². The van der Waals surface area contributed by atoms with Gasteiger partial charge in [0.15, 0.2) is 0 Å². The zero-order valence-electron chi connectivity index (χ0n) is 9.93. The van der Waals surface area contributed by atoms with Crippen LogP contribution in [-0.4, -0.2) is 11.1 Å². The Kier molecular flexibility index (Phi) is 2.33. The molecular formula is C15H12O3. The molecule has 0 bridgehead atoms. The molecule has 0 aliphatic heterocycles. The van der Waals surface area contributed by atoms with Crippen molar-refractivity contribution in [1.29, 1.82) is 0 Å². The van der Waals surface area contributed by atoms with Gasteiger partial charge in [0.05, 0.1) is 6.42 Å². The molecule has 3 aromatic rings. The van der Waals surface area contributed by atoms with E-state index in [4.69, 9.17) is 9.52 Å². The number of benzene rings is 2. The van der Waals surface area contributed by atoms with Gasteiger partial charge in [0.2, 0.25) is 0 Å². The van der Waals surface area contributed by atoms with Crippen molar-refractivity contribution >= 4 is 27.9 Å². The molecule has 18 heavy (non-hydrogen) atoms. The van der Waals surface area contributed by atoms with E-state index >= 15 is 0 Å². The summed E-state index contributed by atoms with van der Waals surface area (Å²) in [5.74, 6) is -0.832. The summed E-state index contributed by atoms with van der Waals surface area (Å²) >= 11 is 0. The van der Waals surface area contributed by atoms with E-state index in [-0.39, 0.29) is 6.42 Å². The summed E-state index contributed by atoms with van der Waals surface area (Å²) in [6, 6.07) is 11.6. The first-order chi connectivity index (χ1) is 8.63. The fourth-order valence-corrected chi connectivity index (χ4v) is 2.22. The van der Waals surface area contributed by atoms with Gasteiger partial charge in [0, 0.05) is 10.8 Å². The minimum absolute atomic E-state index is 0.0199. The number of furan rings is 1. The SMILES string of the molecule is Cc1ccc2oc3cc(CC(=O)O)ccc3c2c1. The van der Waals surface area contributed by atoms with Crippen LogP contribution in [0.25, 0.3) is 21.9 Å². The molecule has 1 aromatic heterocycles. The molecule has 0 amide bonds. The van der Waals surface area contributed by atoms with Crippen LogP contribution >= 0.6 is 0 Å². The van der Waals surface area contributed by atoms with Crippen molar-refractivity contribution in [3.63, 3.8) is 0 Å². The van der Waals surface area contributed by atoms with Gasteiger partial charge in [0.1, 0.15) is 11.2 Å². The lowest BCUT2D eigenvalue weighted by Gasteiger charge is -1.96. The molecule has 3 rings (SSSR count). The van der Waals surface area contributed by atoms with Gasteiger partial charge in [-0.05, 0) is 30.7 Å². The highest BCUT2D eigenvalue weighted by atomic mass is 16.4. The summed E-state index contributed by atoms with van der Waals surface area (Å²) in [6.07, 6.45) is 0.0199. The smallest absolute Gasteiger partial charge is 0.307 e. The van der Waals surface area contributed by atoms with Crippen LogP contribution in [0.2, 0.25) is 0 Å². The highest BCUT2D eigenvalue weighted by Gasteiger charge is 2.08. The van der Waals surface area contributed by atoms with Gasteiger partial charge in [-0.15, -0.1) is 0 Å². The summed E-state index contributed by atoms with van der Waals surface area (Å²) in [5, 5.41) is 10.9. The summed E-state index contributed by atoms with van der Waals surface area (Å²) in [6.45, 7) is 2.04. The number of carboxylic acid groups (broad SMARTS) is 1. The Balaban J connectivity index is 2.23. The van der Waals surface area contributed by atoms with Crippen LogP contribution in [-0.2, 0) is 11.2 Å². The van der Waals surface area contributed by atoms with Crippen LogP contribution in [0.1, 0.15) is 11.1 Å². The van der Waals surface area contributed by atoms with Gasteiger partial charge < -0.3 is 9.52 Å². The minimum atomic E-state index is -0.832. The van der Waals surface area contributed by atoms with Crippen molar-refractivity contribution in [2.75, 3.05) is 0 Å². The number of hydrogen-bond donors (Lipinski definition) is 1. The zero-order chi connectivity index (χ0) is 12.7. The molecule has 0 aliphatic rings. The predicted molar refractivity (Wildman–Crippen MR) is 69.8 cm³/mol. The van der Waals surface area contributed by atoms with E-state index in [1.165, 1.54) is 5.56 Å². The van der Waals surface area contributed by atoms with E-state index < -0.39 is 5.97 Å². The highest BCUT2D eigenvalue weighted by Crippen LogP contribution is 2.30. The van der Waals surface area contributed by atoms with E-state index in [9.17, 15) is 4.79 Å². The van der Waals surface area contributed by atoms with Gasteiger partial charge in [-0.3, -0.25) is 4.79 Å². The van der Waals surface area contributed by atoms with Crippen molar-refractivity contribution in [2.24, 2.45) is 0 Å². The summed E-state index contributed by atoms with van der Waals surface area (Å²) in [4.78, 5) is 10.7. The molecule has 3 heteroatoms. The number of rotatable bonds is 2. The number of carbonyl (C=O) groups is 1. The van der Waals surface area contributed by atoms with Gasteiger partial charge in [-0.25, -0.2) is 0 Å². The number of aryl methyl sites for hydroxylation is 1. The second-order valence-corrected chi connectivity index (χ2v) is 4.50. The molecule has 0 saturated heterocycles. The lowest BCUT2D eigenvalue weighted by Crippen LogP contribution is -1.99. The Morgan fingerprint density at radius 1 is 1.11 bits per heavy atom. The van der Waals surface area contributed by atoms with Crippen molar-refractivity contribution in [3.05, 3.63) is 47.5 Å². The maximum absolute atomic E-state index is 10.7. The maximum atomic E-state index is 10.7. The quantitative estimate of drug-likeness (QED) is 0.745. The van der Waals surface area contributed by atoms with Crippen LogP contribution in [0.4, 0.5) is 0 Å². The van der Waals surface area contributed by atoms with Crippen LogP contribution in [0, 0.1) is 6.92 Å². The molecule has 0 unspecified atom stereocenters. The summed E-state index contributed by atoms with van der Waals surface area (Å²) in [5.41, 5.74) is 3.52. The Labute approximate surface area is 104 Å². The third-order valence-corrected chi connectivity index (χ3v) is 3.05. The van der Waals surface area contributed by atoms with Gasteiger partial charge in [0.25, 0.3) is 0 Å². The van der Waals surface area contributed by atoms with Crippen molar-refractivity contribution in [1.82, 2.24) is 0 Å². The minimum Gasteiger partial charge on any atom is -0.481 e. The third-order valence-electron chi connectivity index (χ3n) is 3.05. The molecular weight excluding hydrogens is 228 g/mol.